The van der Waals surface area contributed by atoms with E-state index in [1.54, 1.807) is 11.1 Å². The SMILES string of the molecule is Cc1ccc(C2CCc3ccccc3C2)cc1C. The van der Waals surface area contributed by atoms with Crippen LogP contribution in [0.1, 0.15) is 40.2 Å². The lowest BCUT2D eigenvalue weighted by Crippen LogP contribution is -2.12. The van der Waals surface area contributed by atoms with Crippen LogP contribution in [0.25, 0.3) is 0 Å². The number of aryl methyl sites for hydroxylation is 3. The van der Waals surface area contributed by atoms with Gasteiger partial charge in [0, 0.05) is 0 Å². The lowest BCUT2D eigenvalue weighted by Gasteiger charge is -2.25. The summed E-state index contributed by atoms with van der Waals surface area (Å²) in [7, 11) is 0. The first-order valence-electron chi connectivity index (χ1n) is 6.88. The number of hydrogen-bond donors (Lipinski definition) is 0. The van der Waals surface area contributed by atoms with Crippen LogP contribution in [-0.4, -0.2) is 0 Å². The summed E-state index contributed by atoms with van der Waals surface area (Å²) >= 11 is 0. The molecule has 0 nitrogen and oxygen atoms in total. The maximum atomic E-state index is 2.38. The van der Waals surface area contributed by atoms with Crippen molar-refractivity contribution in [3.8, 4) is 0 Å². The van der Waals surface area contributed by atoms with E-state index < -0.39 is 0 Å². The molecule has 2 aromatic rings. The van der Waals surface area contributed by atoms with Crippen LogP contribution < -0.4 is 0 Å². The second-order valence-corrected chi connectivity index (χ2v) is 5.55. The van der Waals surface area contributed by atoms with Crippen molar-refractivity contribution in [1.82, 2.24) is 0 Å². The Labute approximate surface area is 110 Å². The number of rotatable bonds is 1. The van der Waals surface area contributed by atoms with Gasteiger partial charge in [0.25, 0.3) is 0 Å². The molecule has 0 bridgehead atoms. The second kappa shape index (κ2) is 4.61. The van der Waals surface area contributed by atoms with E-state index in [4.69, 9.17) is 0 Å². The van der Waals surface area contributed by atoms with Crippen molar-refractivity contribution in [3.05, 3.63) is 70.3 Å². The normalized spacial score (nSPS) is 18.4. The van der Waals surface area contributed by atoms with Crippen LogP contribution in [0, 0.1) is 13.8 Å². The summed E-state index contributed by atoms with van der Waals surface area (Å²) in [5.41, 5.74) is 7.44. The zero-order valence-corrected chi connectivity index (χ0v) is 11.2. The lowest BCUT2D eigenvalue weighted by atomic mass is 9.80. The van der Waals surface area contributed by atoms with E-state index in [-0.39, 0.29) is 0 Å². The van der Waals surface area contributed by atoms with Crippen LogP contribution in [0.4, 0.5) is 0 Å². The Balaban J connectivity index is 1.89. The molecule has 92 valence electrons. The molecule has 18 heavy (non-hydrogen) atoms. The highest BCUT2D eigenvalue weighted by Gasteiger charge is 2.19. The van der Waals surface area contributed by atoms with E-state index in [0.717, 1.165) is 0 Å². The molecule has 0 radical (unpaired) electrons. The average molecular weight is 236 g/mol. The molecule has 0 N–H and O–H groups in total. The van der Waals surface area contributed by atoms with Gasteiger partial charge in [-0.05, 0) is 66.8 Å². The Morgan fingerprint density at radius 2 is 1.67 bits per heavy atom. The van der Waals surface area contributed by atoms with E-state index in [1.165, 1.54) is 36.0 Å². The molecule has 0 heterocycles. The van der Waals surface area contributed by atoms with Crippen LogP contribution in [0.3, 0.4) is 0 Å². The van der Waals surface area contributed by atoms with Gasteiger partial charge in [0.1, 0.15) is 0 Å². The minimum absolute atomic E-state index is 0.708. The maximum absolute atomic E-state index is 2.38. The summed E-state index contributed by atoms with van der Waals surface area (Å²) in [6.45, 7) is 4.41. The number of hydrogen-bond acceptors (Lipinski definition) is 0. The molecule has 0 saturated heterocycles. The zero-order valence-electron chi connectivity index (χ0n) is 11.2. The van der Waals surface area contributed by atoms with Gasteiger partial charge in [-0.25, -0.2) is 0 Å². The molecule has 0 fully saturated rings. The van der Waals surface area contributed by atoms with Gasteiger partial charge in [0.15, 0.2) is 0 Å². The van der Waals surface area contributed by atoms with Gasteiger partial charge < -0.3 is 0 Å². The van der Waals surface area contributed by atoms with Gasteiger partial charge in [-0.15, -0.1) is 0 Å². The predicted octanol–water partition coefficient (Wildman–Crippen LogP) is 4.58. The fourth-order valence-corrected chi connectivity index (χ4v) is 3.00. The first-order valence-corrected chi connectivity index (χ1v) is 6.88. The lowest BCUT2D eigenvalue weighted by molar-refractivity contribution is 0.584. The molecule has 3 rings (SSSR count). The van der Waals surface area contributed by atoms with Crippen molar-refractivity contribution >= 4 is 0 Å². The molecular formula is C18H20. The highest BCUT2D eigenvalue weighted by atomic mass is 14.2. The van der Waals surface area contributed by atoms with Crippen molar-refractivity contribution in [3.63, 3.8) is 0 Å². The smallest absolute Gasteiger partial charge is 0.0118 e. The number of fused-ring (bicyclic) bond motifs is 1. The van der Waals surface area contributed by atoms with Crippen LogP contribution in [0.5, 0.6) is 0 Å². The van der Waals surface area contributed by atoms with Crippen molar-refractivity contribution in [2.45, 2.75) is 39.0 Å². The van der Waals surface area contributed by atoms with Crippen LogP contribution >= 0.6 is 0 Å². The first kappa shape index (κ1) is 11.5. The van der Waals surface area contributed by atoms with Gasteiger partial charge in [-0.3, -0.25) is 0 Å². The average Bonchev–Trinajstić information content (AvgIpc) is 2.41. The van der Waals surface area contributed by atoms with Crippen LogP contribution in [0.2, 0.25) is 0 Å². The summed E-state index contributed by atoms with van der Waals surface area (Å²) in [4.78, 5) is 0. The Bertz CT molecular complexity index is 566. The highest BCUT2D eigenvalue weighted by molar-refractivity contribution is 5.37. The standard InChI is InChI=1S/C18H20/c1-13-7-8-17(11-14(13)2)18-10-9-15-5-3-4-6-16(15)12-18/h3-8,11,18H,9-10,12H2,1-2H3. The van der Waals surface area contributed by atoms with Gasteiger partial charge in [0.05, 0.1) is 0 Å². The Morgan fingerprint density at radius 3 is 2.44 bits per heavy atom. The van der Waals surface area contributed by atoms with Crippen molar-refractivity contribution in [1.29, 1.82) is 0 Å². The topological polar surface area (TPSA) is 0 Å². The molecule has 0 saturated carbocycles. The van der Waals surface area contributed by atoms with E-state index >= 15 is 0 Å². The van der Waals surface area contributed by atoms with Gasteiger partial charge in [-0.1, -0.05) is 42.5 Å². The third-order valence-electron chi connectivity index (χ3n) is 4.35. The largest absolute Gasteiger partial charge is 0.0620 e. The fourth-order valence-electron chi connectivity index (χ4n) is 3.00. The van der Waals surface area contributed by atoms with Gasteiger partial charge in [0.2, 0.25) is 0 Å². The third kappa shape index (κ3) is 2.08. The highest BCUT2D eigenvalue weighted by Crippen LogP contribution is 2.33. The first-order chi connectivity index (χ1) is 8.74. The van der Waals surface area contributed by atoms with Crippen molar-refractivity contribution in [2.24, 2.45) is 0 Å². The summed E-state index contributed by atoms with van der Waals surface area (Å²) in [5.74, 6) is 0.708. The molecule has 1 aliphatic carbocycles. The summed E-state index contributed by atoms with van der Waals surface area (Å²) in [6, 6.07) is 15.9. The second-order valence-electron chi connectivity index (χ2n) is 5.55. The third-order valence-corrected chi connectivity index (χ3v) is 4.35. The van der Waals surface area contributed by atoms with E-state index in [9.17, 15) is 0 Å². The Morgan fingerprint density at radius 1 is 0.889 bits per heavy atom. The Kier molecular flexibility index (Phi) is 2.95. The molecular weight excluding hydrogens is 216 g/mol. The zero-order chi connectivity index (χ0) is 12.5. The Hall–Kier alpha value is -1.56. The predicted molar refractivity (Wildman–Crippen MR) is 77.1 cm³/mol. The van der Waals surface area contributed by atoms with Crippen molar-refractivity contribution < 1.29 is 0 Å². The fraction of sp³-hybridized carbons (Fsp3) is 0.333. The maximum Gasteiger partial charge on any atom is -0.0118 e. The molecule has 0 aliphatic heterocycles. The summed E-state index contributed by atoms with van der Waals surface area (Å²) in [6.07, 6.45) is 3.73. The molecule has 2 aromatic carbocycles. The minimum Gasteiger partial charge on any atom is -0.0620 e. The monoisotopic (exact) mass is 236 g/mol. The summed E-state index contributed by atoms with van der Waals surface area (Å²) in [5, 5.41) is 0. The van der Waals surface area contributed by atoms with Crippen LogP contribution in [0.15, 0.2) is 42.5 Å². The number of benzene rings is 2. The van der Waals surface area contributed by atoms with Gasteiger partial charge >= 0.3 is 0 Å². The van der Waals surface area contributed by atoms with E-state index in [0.29, 0.717) is 5.92 Å². The molecule has 1 atom stereocenters. The molecule has 0 aromatic heterocycles. The quantitative estimate of drug-likeness (QED) is 0.680. The molecule has 1 unspecified atom stereocenters. The molecule has 0 heteroatoms. The van der Waals surface area contributed by atoms with Crippen molar-refractivity contribution in [2.75, 3.05) is 0 Å². The summed E-state index contributed by atoms with van der Waals surface area (Å²) < 4.78 is 0. The molecule has 0 spiro atoms. The minimum atomic E-state index is 0.708. The van der Waals surface area contributed by atoms with E-state index in [1.807, 2.05) is 0 Å². The van der Waals surface area contributed by atoms with Gasteiger partial charge in [-0.2, -0.15) is 0 Å². The van der Waals surface area contributed by atoms with Crippen LogP contribution in [-0.2, 0) is 12.8 Å². The molecule has 0 amide bonds. The van der Waals surface area contributed by atoms with E-state index in [2.05, 4.69) is 56.3 Å². The molecule has 1 aliphatic rings.